The van der Waals surface area contributed by atoms with Crippen LogP contribution in [-0.2, 0) is 23.9 Å². The molecule has 1 aromatic rings. The van der Waals surface area contributed by atoms with Crippen LogP contribution in [0.1, 0.15) is 49.9 Å². The number of nitrogens with zero attached hydrogens (tertiary/aromatic N) is 1. The number of hydrogen-bond donors (Lipinski definition) is 2. The maximum Gasteiger partial charge on any atom is 0.408 e. The number of benzene rings is 1. The van der Waals surface area contributed by atoms with Gasteiger partial charge in [-0.1, -0.05) is 23.8 Å². The third kappa shape index (κ3) is 9.24. The molecule has 0 aliphatic heterocycles. The second kappa shape index (κ2) is 13.2. The Kier molecular flexibility index (Phi) is 11.4. The zero-order chi connectivity index (χ0) is 26.1. The Morgan fingerprint density at radius 2 is 1.79 bits per heavy atom. The van der Waals surface area contributed by atoms with Crippen LogP contribution in [0.2, 0.25) is 0 Å². The number of carbonyl (C=O) groups is 4. The maximum atomic E-state index is 13.5. The third-order valence-corrected chi connectivity index (χ3v) is 5.58. The zero-order valence-corrected chi connectivity index (χ0v) is 22.1. The molecule has 2 unspecified atom stereocenters. The SMILES string of the molecule is COC(=O)CNC(=O)C(c1ccc(C)cc1C)N(C)C(=O)C(CCSC)NC(=O)OC(C)(C)C. The van der Waals surface area contributed by atoms with Gasteiger partial charge in [0.25, 0.3) is 0 Å². The summed E-state index contributed by atoms with van der Waals surface area (Å²) < 4.78 is 9.92. The number of likely N-dealkylation sites (N-methyl/N-ethyl adjacent to an activating group) is 1. The minimum absolute atomic E-state index is 0.329. The number of methoxy groups -OCH3 is 1. The van der Waals surface area contributed by atoms with Crippen LogP contribution in [0.25, 0.3) is 0 Å². The number of amides is 3. The molecule has 190 valence electrons. The van der Waals surface area contributed by atoms with Gasteiger partial charge in [0.1, 0.15) is 24.2 Å². The number of alkyl carbamates (subject to hydrolysis) is 1. The summed E-state index contributed by atoms with van der Waals surface area (Å²) in [5, 5.41) is 5.19. The number of carbonyl (C=O) groups excluding carboxylic acids is 4. The number of nitrogens with one attached hydrogen (secondary N) is 2. The second-order valence-electron chi connectivity index (χ2n) is 8.99. The van der Waals surface area contributed by atoms with Crippen molar-refractivity contribution in [3.63, 3.8) is 0 Å². The molecule has 0 saturated heterocycles. The summed E-state index contributed by atoms with van der Waals surface area (Å²) in [6, 6.07) is 3.64. The highest BCUT2D eigenvalue weighted by atomic mass is 32.2. The number of thioether (sulfide) groups is 1. The monoisotopic (exact) mass is 495 g/mol. The molecular formula is C24H37N3O6S. The molecule has 0 aliphatic carbocycles. The molecule has 0 radical (unpaired) electrons. The lowest BCUT2D eigenvalue weighted by Crippen LogP contribution is -2.52. The van der Waals surface area contributed by atoms with E-state index in [9.17, 15) is 19.2 Å². The van der Waals surface area contributed by atoms with Gasteiger partial charge in [-0.3, -0.25) is 14.4 Å². The highest BCUT2D eigenvalue weighted by molar-refractivity contribution is 7.98. The smallest absolute Gasteiger partial charge is 0.408 e. The van der Waals surface area contributed by atoms with E-state index < -0.39 is 41.6 Å². The van der Waals surface area contributed by atoms with E-state index in [-0.39, 0.29) is 6.54 Å². The Bertz CT molecular complexity index is 884. The van der Waals surface area contributed by atoms with E-state index in [0.29, 0.717) is 17.7 Å². The Labute approximate surface area is 206 Å². The van der Waals surface area contributed by atoms with Crippen LogP contribution in [0.4, 0.5) is 4.79 Å². The van der Waals surface area contributed by atoms with Gasteiger partial charge in [-0.15, -0.1) is 0 Å². The van der Waals surface area contributed by atoms with Crippen LogP contribution in [0.3, 0.4) is 0 Å². The third-order valence-electron chi connectivity index (χ3n) is 4.94. The molecule has 0 aromatic heterocycles. The van der Waals surface area contributed by atoms with Crippen LogP contribution < -0.4 is 10.6 Å². The average molecular weight is 496 g/mol. The van der Waals surface area contributed by atoms with Crippen molar-refractivity contribution < 1.29 is 28.7 Å². The number of ether oxygens (including phenoxy) is 2. The molecule has 34 heavy (non-hydrogen) atoms. The summed E-state index contributed by atoms with van der Waals surface area (Å²) in [7, 11) is 2.73. The summed E-state index contributed by atoms with van der Waals surface area (Å²) in [6.07, 6.45) is 1.54. The Morgan fingerprint density at radius 1 is 1.15 bits per heavy atom. The predicted molar refractivity (Wildman–Crippen MR) is 133 cm³/mol. The molecule has 0 fully saturated rings. The van der Waals surface area contributed by atoms with Gasteiger partial charge in [-0.05, 0) is 64.2 Å². The van der Waals surface area contributed by atoms with Crippen molar-refractivity contribution in [3.05, 3.63) is 34.9 Å². The topological polar surface area (TPSA) is 114 Å². The first-order chi connectivity index (χ1) is 15.8. The van der Waals surface area contributed by atoms with Gasteiger partial charge in [0.05, 0.1) is 7.11 Å². The summed E-state index contributed by atoms with van der Waals surface area (Å²) >= 11 is 1.53. The molecular weight excluding hydrogens is 458 g/mol. The van der Waals surface area contributed by atoms with Crippen molar-refractivity contribution in [1.29, 1.82) is 0 Å². The average Bonchev–Trinajstić information content (AvgIpc) is 2.74. The van der Waals surface area contributed by atoms with Crippen LogP contribution >= 0.6 is 11.8 Å². The second-order valence-corrected chi connectivity index (χ2v) is 9.97. The van der Waals surface area contributed by atoms with Crippen molar-refractivity contribution in [3.8, 4) is 0 Å². The molecule has 1 aromatic carbocycles. The Morgan fingerprint density at radius 3 is 2.32 bits per heavy atom. The lowest BCUT2D eigenvalue weighted by Gasteiger charge is -2.32. The fraction of sp³-hybridized carbons (Fsp3) is 0.583. The summed E-state index contributed by atoms with van der Waals surface area (Å²) in [5.41, 5.74) is 1.72. The van der Waals surface area contributed by atoms with Crippen molar-refractivity contribution >= 4 is 35.6 Å². The Balaban J connectivity index is 3.28. The van der Waals surface area contributed by atoms with Gasteiger partial charge in [-0.2, -0.15) is 11.8 Å². The van der Waals surface area contributed by atoms with Gasteiger partial charge in [-0.25, -0.2) is 4.79 Å². The molecule has 3 amide bonds. The maximum absolute atomic E-state index is 13.5. The molecule has 0 heterocycles. The van der Waals surface area contributed by atoms with E-state index in [2.05, 4.69) is 15.4 Å². The molecule has 2 atom stereocenters. The highest BCUT2D eigenvalue weighted by Crippen LogP contribution is 2.25. The predicted octanol–water partition coefficient (Wildman–Crippen LogP) is 2.74. The lowest BCUT2D eigenvalue weighted by molar-refractivity contribution is -0.143. The quantitative estimate of drug-likeness (QED) is 0.480. The van der Waals surface area contributed by atoms with E-state index in [1.165, 1.54) is 30.8 Å². The van der Waals surface area contributed by atoms with Crippen molar-refractivity contribution in [2.45, 2.75) is 58.7 Å². The van der Waals surface area contributed by atoms with Crippen LogP contribution in [0.15, 0.2) is 18.2 Å². The van der Waals surface area contributed by atoms with Gasteiger partial charge in [0.2, 0.25) is 11.8 Å². The van der Waals surface area contributed by atoms with Gasteiger partial charge in [0.15, 0.2) is 0 Å². The largest absolute Gasteiger partial charge is 0.468 e. The summed E-state index contributed by atoms with van der Waals surface area (Å²) in [5.74, 6) is -0.971. The summed E-state index contributed by atoms with van der Waals surface area (Å²) in [6.45, 7) is 8.66. The molecule has 0 saturated carbocycles. The molecule has 2 N–H and O–H groups in total. The normalized spacial score (nSPS) is 12.8. The van der Waals surface area contributed by atoms with Gasteiger partial charge >= 0.3 is 12.1 Å². The van der Waals surface area contributed by atoms with Gasteiger partial charge in [0, 0.05) is 7.05 Å². The van der Waals surface area contributed by atoms with E-state index >= 15 is 0 Å². The van der Waals surface area contributed by atoms with Crippen LogP contribution in [0.5, 0.6) is 0 Å². The van der Waals surface area contributed by atoms with E-state index in [0.717, 1.165) is 11.1 Å². The van der Waals surface area contributed by atoms with Crippen LogP contribution in [0, 0.1) is 13.8 Å². The first-order valence-corrected chi connectivity index (χ1v) is 12.4. The van der Waals surface area contributed by atoms with Crippen molar-refractivity contribution in [1.82, 2.24) is 15.5 Å². The Hall–Kier alpha value is -2.75. The number of hydrogen-bond acceptors (Lipinski definition) is 7. The number of rotatable bonds is 10. The molecule has 0 aliphatic rings. The van der Waals surface area contributed by atoms with E-state index in [4.69, 9.17) is 4.74 Å². The first-order valence-electron chi connectivity index (χ1n) is 11.0. The highest BCUT2D eigenvalue weighted by Gasteiger charge is 2.34. The fourth-order valence-electron chi connectivity index (χ4n) is 3.30. The standard InChI is InChI=1S/C24H37N3O6S/c1-15-9-10-17(16(2)13-15)20(21(29)25-14-19(28)32-7)27(6)22(30)18(11-12-34-8)26-23(31)33-24(3,4)5/h9-10,13,18,20H,11-12,14H2,1-8H3,(H,25,29)(H,26,31). The minimum atomic E-state index is -1.02. The molecule has 9 nitrogen and oxygen atoms in total. The lowest BCUT2D eigenvalue weighted by atomic mass is 9.97. The zero-order valence-electron chi connectivity index (χ0n) is 21.3. The first kappa shape index (κ1) is 29.3. The number of esters is 1. The molecule has 1 rings (SSSR count). The molecule has 10 heteroatoms. The van der Waals surface area contributed by atoms with Crippen LogP contribution in [-0.4, -0.2) is 73.1 Å². The minimum Gasteiger partial charge on any atom is -0.468 e. The van der Waals surface area contributed by atoms with Crippen molar-refractivity contribution in [2.24, 2.45) is 0 Å². The molecule has 0 bridgehead atoms. The van der Waals surface area contributed by atoms with E-state index in [1.807, 2.05) is 32.2 Å². The van der Waals surface area contributed by atoms with Crippen molar-refractivity contribution in [2.75, 3.05) is 32.7 Å². The van der Waals surface area contributed by atoms with E-state index in [1.54, 1.807) is 26.8 Å². The molecule has 0 spiro atoms. The fourth-order valence-corrected chi connectivity index (χ4v) is 3.77. The van der Waals surface area contributed by atoms with Gasteiger partial charge < -0.3 is 25.0 Å². The number of aryl methyl sites for hydroxylation is 2. The summed E-state index contributed by atoms with van der Waals surface area (Å²) in [4.78, 5) is 51.9.